The molecule has 0 aliphatic rings. The van der Waals surface area contributed by atoms with Gasteiger partial charge in [-0.25, -0.2) is 9.97 Å². The zero-order chi connectivity index (χ0) is 16.0. The molecule has 3 N–H and O–H groups in total. The molecule has 1 amide bonds. The summed E-state index contributed by atoms with van der Waals surface area (Å²) >= 11 is 0. The van der Waals surface area contributed by atoms with Crippen LogP contribution in [0.15, 0.2) is 6.20 Å². The molecule has 0 aliphatic carbocycles. The smallest absolute Gasteiger partial charge is 0.272 e. The average Bonchev–Trinajstić information content (AvgIpc) is 2.43. The first-order chi connectivity index (χ1) is 9.82. The summed E-state index contributed by atoms with van der Waals surface area (Å²) in [6.45, 7) is 9.80. The van der Waals surface area contributed by atoms with Gasteiger partial charge in [0.1, 0.15) is 5.82 Å². The van der Waals surface area contributed by atoms with Crippen molar-refractivity contribution in [3.63, 3.8) is 0 Å². The van der Waals surface area contributed by atoms with Gasteiger partial charge in [-0.05, 0) is 33.9 Å². The maximum atomic E-state index is 12.1. The Morgan fingerprint density at radius 1 is 1.38 bits per heavy atom. The molecule has 6 heteroatoms. The maximum Gasteiger partial charge on any atom is 0.272 e. The van der Waals surface area contributed by atoms with Crippen molar-refractivity contribution in [1.29, 1.82) is 0 Å². The third kappa shape index (κ3) is 5.30. The number of hydrogen-bond acceptors (Lipinski definition) is 5. The zero-order valence-electron chi connectivity index (χ0n) is 13.7. The first-order valence-electron chi connectivity index (χ1n) is 7.43. The molecule has 0 aromatic carbocycles. The molecule has 0 atom stereocenters. The number of carbonyl (C=O) groups excluding carboxylic acids is 1. The van der Waals surface area contributed by atoms with Crippen LogP contribution in [0.4, 0.5) is 5.69 Å². The van der Waals surface area contributed by atoms with Crippen LogP contribution in [-0.2, 0) is 0 Å². The predicted molar refractivity (Wildman–Crippen MR) is 85.2 cm³/mol. The van der Waals surface area contributed by atoms with E-state index < -0.39 is 0 Å². The van der Waals surface area contributed by atoms with Gasteiger partial charge in [-0.15, -0.1) is 0 Å². The SMILES string of the molecule is CC(C)c1ncc(N)c(C(=O)NCCCN(C)C(C)C)n1. The molecule has 0 spiro atoms. The molecule has 0 unspecified atom stereocenters. The van der Waals surface area contributed by atoms with Crippen molar-refractivity contribution in [2.45, 2.75) is 46.1 Å². The molecule has 6 nitrogen and oxygen atoms in total. The number of rotatable bonds is 7. The average molecular weight is 293 g/mol. The van der Waals surface area contributed by atoms with Gasteiger partial charge in [0.25, 0.3) is 5.91 Å². The molecular formula is C15H27N5O. The van der Waals surface area contributed by atoms with Crippen molar-refractivity contribution in [2.75, 3.05) is 25.9 Å². The van der Waals surface area contributed by atoms with Crippen LogP contribution >= 0.6 is 0 Å². The highest BCUT2D eigenvalue weighted by molar-refractivity contribution is 5.96. The minimum Gasteiger partial charge on any atom is -0.396 e. The molecule has 1 heterocycles. The molecule has 0 saturated carbocycles. The number of carbonyl (C=O) groups is 1. The van der Waals surface area contributed by atoms with Crippen molar-refractivity contribution >= 4 is 11.6 Å². The van der Waals surface area contributed by atoms with Crippen LogP contribution in [0.3, 0.4) is 0 Å². The summed E-state index contributed by atoms with van der Waals surface area (Å²) in [4.78, 5) is 22.8. The number of nitrogens with zero attached hydrogens (tertiary/aromatic N) is 3. The number of aromatic nitrogens is 2. The molecule has 1 aromatic heterocycles. The second kappa shape index (κ2) is 7.93. The van der Waals surface area contributed by atoms with Crippen LogP contribution in [0, 0.1) is 0 Å². The van der Waals surface area contributed by atoms with Crippen molar-refractivity contribution in [3.05, 3.63) is 17.7 Å². The van der Waals surface area contributed by atoms with E-state index in [2.05, 4.69) is 41.1 Å². The Balaban J connectivity index is 2.54. The fourth-order valence-electron chi connectivity index (χ4n) is 1.74. The number of nitrogens with two attached hydrogens (primary N) is 1. The summed E-state index contributed by atoms with van der Waals surface area (Å²) in [7, 11) is 2.07. The third-order valence-corrected chi connectivity index (χ3v) is 3.42. The van der Waals surface area contributed by atoms with Gasteiger partial charge in [-0.1, -0.05) is 13.8 Å². The number of hydrogen-bond donors (Lipinski definition) is 2. The van der Waals surface area contributed by atoms with Crippen LogP contribution in [0.25, 0.3) is 0 Å². The van der Waals surface area contributed by atoms with E-state index in [1.807, 2.05) is 13.8 Å². The Morgan fingerprint density at radius 3 is 2.62 bits per heavy atom. The number of nitrogens with one attached hydrogen (secondary N) is 1. The molecule has 0 fully saturated rings. The number of amides is 1. The minimum atomic E-state index is -0.232. The summed E-state index contributed by atoms with van der Waals surface area (Å²) in [5, 5.41) is 2.86. The lowest BCUT2D eigenvalue weighted by Crippen LogP contribution is -2.32. The first-order valence-corrected chi connectivity index (χ1v) is 7.43. The first kappa shape index (κ1) is 17.4. The number of nitrogen functional groups attached to an aromatic ring is 1. The molecule has 118 valence electrons. The summed E-state index contributed by atoms with van der Waals surface area (Å²) < 4.78 is 0. The fraction of sp³-hybridized carbons (Fsp3) is 0.667. The summed E-state index contributed by atoms with van der Waals surface area (Å²) in [6.07, 6.45) is 2.40. The van der Waals surface area contributed by atoms with E-state index in [4.69, 9.17) is 5.73 Å². The van der Waals surface area contributed by atoms with Crippen molar-refractivity contribution in [1.82, 2.24) is 20.2 Å². The van der Waals surface area contributed by atoms with Crippen LogP contribution in [0.1, 0.15) is 56.3 Å². The van der Waals surface area contributed by atoms with E-state index in [1.165, 1.54) is 6.20 Å². The normalized spacial score (nSPS) is 11.4. The molecule has 1 aromatic rings. The van der Waals surface area contributed by atoms with Gasteiger partial charge in [-0.2, -0.15) is 0 Å². The van der Waals surface area contributed by atoms with Crippen molar-refractivity contribution in [2.24, 2.45) is 0 Å². The standard InChI is InChI=1S/C15H27N5O/c1-10(2)14-18-9-12(16)13(19-14)15(21)17-7-6-8-20(5)11(3)4/h9-11H,6-8,16H2,1-5H3,(H,17,21). The Bertz CT molecular complexity index is 473. The lowest BCUT2D eigenvalue weighted by atomic mass is 10.2. The molecule has 0 radical (unpaired) electrons. The van der Waals surface area contributed by atoms with E-state index in [0.717, 1.165) is 13.0 Å². The van der Waals surface area contributed by atoms with Crippen molar-refractivity contribution in [3.8, 4) is 0 Å². The van der Waals surface area contributed by atoms with Crippen LogP contribution in [0.5, 0.6) is 0 Å². The quantitative estimate of drug-likeness (QED) is 0.747. The van der Waals surface area contributed by atoms with Gasteiger partial charge in [0.05, 0.1) is 11.9 Å². The van der Waals surface area contributed by atoms with Gasteiger partial charge in [0.2, 0.25) is 0 Å². The molecular weight excluding hydrogens is 266 g/mol. The number of anilines is 1. The Hall–Kier alpha value is -1.69. The Kier molecular flexibility index (Phi) is 6.55. The highest BCUT2D eigenvalue weighted by atomic mass is 16.1. The van der Waals surface area contributed by atoms with E-state index in [0.29, 0.717) is 24.1 Å². The molecule has 21 heavy (non-hydrogen) atoms. The molecule has 1 rings (SSSR count). The molecule has 0 aliphatic heterocycles. The minimum absolute atomic E-state index is 0.164. The van der Waals surface area contributed by atoms with E-state index in [1.54, 1.807) is 0 Å². The van der Waals surface area contributed by atoms with Gasteiger partial charge in [-0.3, -0.25) is 4.79 Å². The third-order valence-electron chi connectivity index (χ3n) is 3.42. The van der Waals surface area contributed by atoms with Crippen molar-refractivity contribution < 1.29 is 4.79 Å². The Morgan fingerprint density at radius 2 is 2.05 bits per heavy atom. The van der Waals surface area contributed by atoms with E-state index >= 15 is 0 Å². The van der Waals surface area contributed by atoms with Gasteiger partial charge >= 0.3 is 0 Å². The Labute approximate surface area is 127 Å². The fourth-order valence-corrected chi connectivity index (χ4v) is 1.74. The second-order valence-corrected chi connectivity index (χ2v) is 5.87. The van der Waals surface area contributed by atoms with Gasteiger partial charge in [0, 0.05) is 18.5 Å². The monoisotopic (exact) mass is 293 g/mol. The molecule has 0 saturated heterocycles. The maximum absolute atomic E-state index is 12.1. The second-order valence-electron chi connectivity index (χ2n) is 5.87. The van der Waals surface area contributed by atoms with Crippen LogP contribution < -0.4 is 11.1 Å². The summed E-state index contributed by atoms with van der Waals surface area (Å²) in [5.74, 6) is 0.565. The van der Waals surface area contributed by atoms with Crippen LogP contribution in [0.2, 0.25) is 0 Å². The lowest BCUT2D eigenvalue weighted by Gasteiger charge is -2.20. The topological polar surface area (TPSA) is 84.1 Å². The zero-order valence-corrected chi connectivity index (χ0v) is 13.7. The summed E-state index contributed by atoms with van der Waals surface area (Å²) in [5.41, 5.74) is 6.37. The van der Waals surface area contributed by atoms with Gasteiger partial charge < -0.3 is 16.0 Å². The predicted octanol–water partition coefficient (Wildman–Crippen LogP) is 1.64. The summed E-state index contributed by atoms with van der Waals surface area (Å²) in [6, 6.07) is 0.506. The van der Waals surface area contributed by atoms with E-state index in [9.17, 15) is 4.79 Å². The lowest BCUT2D eigenvalue weighted by molar-refractivity contribution is 0.0947. The largest absolute Gasteiger partial charge is 0.396 e. The van der Waals surface area contributed by atoms with E-state index in [-0.39, 0.29) is 17.5 Å². The highest BCUT2D eigenvalue weighted by Crippen LogP contribution is 2.13. The van der Waals surface area contributed by atoms with Crippen LogP contribution in [-0.4, -0.2) is 47.0 Å². The highest BCUT2D eigenvalue weighted by Gasteiger charge is 2.14. The molecule has 0 bridgehead atoms. The van der Waals surface area contributed by atoms with Gasteiger partial charge in [0.15, 0.2) is 5.69 Å².